The fourth-order valence-corrected chi connectivity index (χ4v) is 2.20. The number of benzene rings is 1. The van der Waals surface area contributed by atoms with Crippen molar-refractivity contribution in [3.05, 3.63) is 46.6 Å². The molecule has 1 amide bonds. The van der Waals surface area contributed by atoms with E-state index in [2.05, 4.69) is 10.3 Å². The van der Waals surface area contributed by atoms with E-state index in [4.69, 9.17) is 11.6 Å². The van der Waals surface area contributed by atoms with Gasteiger partial charge in [0, 0.05) is 22.5 Å². The maximum Gasteiger partial charge on any atom is 0.253 e. The number of carbonyl (C=O) groups excluding carboxylic acids is 1. The van der Waals surface area contributed by atoms with E-state index in [1.165, 1.54) is 0 Å². The molecule has 3 nitrogen and oxygen atoms in total. The zero-order valence-electron chi connectivity index (χ0n) is 10.7. The summed E-state index contributed by atoms with van der Waals surface area (Å²) in [4.78, 5) is 15.3. The number of aromatic amines is 1. The predicted molar refractivity (Wildman–Crippen MR) is 76.5 cm³/mol. The summed E-state index contributed by atoms with van der Waals surface area (Å²) in [5, 5.41) is 3.71. The number of H-pyrrole nitrogens is 1. The fraction of sp³-hybridized carbons (Fsp3) is 0.267. The average molecular weight is 275 g/mol. The van der Waals surface area contributed by atoms with Gasteiger partial charge in [-0.2, -0.15) is 0 Å². The monoisotopic (exact) mass is 274 g/mol. The third-order valence-corrected chi connectivity index (χ3v) is 3.58. The molecule has 19 heavy (non-hydrogen) atoms. The lowest BCUT2D eigenvalue weighted by molar-refractivity contribution is 0.0950. The van der Waals surface area contributed by atoms with Crippen molar-refractivity contribution >= 4 is 17.5 Å². The van der Waals surface area contributed by atoms with Crippen molar-refractivity contribution in [2.24, 2.45) is 0 Å². The molecule has 1 aromatic heterocycles. The molecular weight excluding hydrogens is 260 g/mol. The number of hydrogen-bond donors (Lipinski definition) is 2. The van der Waals surface area contributed by atoms with Crippen molar-refractivity contribution < 1.29 is 4.79 Å². The van der Waals surface area contributed by atoms with E-state index in [9.17, 15) is 4.79 Å². The first-order chi connectivity index (χ1) is 9.13. The van der Waals surface area contributed by atoms with Gasteiger partial charge in [-0.05, 0) is 43.5 Å². The standard InChI is InChI=1S/C15H15ClN2O/c1-9-13(15(19)18-12-6-7-12)8-14(17-9)10-2-4-11(16)5-3-10/h2-5,8,12,17H,6-7H2,1H3,(H,18,19). The van der Waals surface area contributed by atoms with Crippen molar-refractivity contribution in [1.82, 2.24) is 10.3 Å². The molecule has 1 heterocycles. The maximum atomic E-state index is 12.1. The third-order valence-electron chi connectivity index (χ3n) is 3.33. The minimum Gasteiger partial charge on any atom is -0.358 e. The minimum atomic E-state index is 0.0106. The molecule has 2 N–H and O–H groups in total. The normalized spacial score (nSPS) is 14.4. The number of rotatable bonds is 3. The second-order valence-electron chi connectivity index (χ2n) is 4.98. The fourth-order valence-electron chi connectivity index (χ4n) is 2.07. The van der Waals surface area contributed by atoms with Crippen LogP contribution in [0.25, 0.3) is 11.3 Å². The highest BCUT2D eigenvalue weighted by Crippen LogP contribution is 2.25. The topological polar surface area (TPSA) is 44.9 Å². The Labute approximate surface area is 117 Å². The molecule has 0 aliphatic heterocycles. The lowest BCUT2D eigenvalue weighted by Crippen LogP contribution is -2.25. The second kappa shape index (κ2) is 4.74. The Morgan fingerprint density at radius 3 is 2.63 bits per heavy atom. The van der Waals surface area contributed by atoms with Crippen molar-refractivity contribution in [3.8, 4) is 11.3 Å². The summed E-state index contributed by atoms with van der Waals surface area (Å²) < 4.78 is 0. The number of nitrogens with one attached hydrogen (secondary N) is 2. The van der Waals surface area contributed by atoms with Gasteiger partial charge in [0.2, 0.25) is 0 Å². The molecule has 98 valence electrons. The second-order valence-corrected chi connectivity index (χ2v) is 5.41. The van der Waals surface area contributed by atoms with Gasteiger partial charge < -0.3 is 10.3 Å². The van der Waals surface area contributed by atoms with E-state index >= 15 is 0 Å². The van der Waals surface area contributed by atoms with Gasteiger partial charge in [0.25, 0.3) is 5.91 Å². The van der Waals surface area contributed by atoms with Crippen molar-refractivity contribution in [2.75, 3.05) is 0 Å². The summed E-state index contributed by atoms with van der Waals surface area (Å²) in [7, 11) is 0. The Morgan fingerprint density at radius 1 is 1.32 bits per heavy atom. The lowest BCUT2D eigenvalue weighted by Gasteiger charge is -2.00. The Kier molecular flexibility index (Phi) is 3.07. The van der Waals surface area contributed by atoms with Crippen LogP contribution in [-0.2, 0) is 0 Å². The molecule has 0 radical (unpaired) electrons. The molecule has 0 bridgehead atoms. The van der Waals surface area contributed by atoms with Gasteiger partial charge in [-0.1, -0.05) is 23.7 Å². The number of aromatic nitrogens is 1. The molecule has 2 aromatic rings. The van der Waals surface area contributed by atoms with Crippen molar-refractivity contribution in [2.45, 2.75) is 25.8 Å². The van der Waals surface area contributed by atoms with Crippen molar-refractivity contribution in [3.63, 3.8) is 0 Å². The number of hydrogen-bond acceptors (Lipinski definition) is 1. The van der Waals surface area contributed by atoms with Crippen LogP contribution >= 0.6 is 11.6 Å². The number of halogens is 1. The average Bonchev–Trinajstić information content (AvgIpc) is 3.11. The predicted octanol–water partition coefficient (Wildman–Crippen LogP) is 3.54. The van der Waals surface area contributed by atoms with E-state index in [0.717, 1.165) is 35.4 Å². The summed E-state index contributed by atoms with van der Waals surface area (Å²) in [5.74, 6) is 0.0106. The number of aryl methyl sites for hydroxylation is 1. The molecule has 1 fully saturated rings. The van der Waals surface area contributed by atoms with Crippen LogP contribution in [-0.4, -0.2) is 16.9 Å². The van der Waals surface area contributed by atoms with E-state index in [0.29, 0.717) is 11.1 Å². The van der Waals surface area contributed by atoms with Gasteiger partial charge in [0.15, 0.2) is 0 Å². The molecule has 1 aromatic carbocycles. The highest BCUT2D eigenvalue weighted by Gasteiger charge is 2.25. The first kappa shape index (κ1) is 12.3. The summed E-state index contributed by atoms with van der Waals surface area (Å²) >= 11 is 5.88. The summed E-state index contributed by atoms with van der Waals surface area (Å²) in [6, 6.07) is 9.84. The molecule has 1 aliphatic rings. The van der Waals surface area contributed by atoms with E-state index < -0.39 is 0 Å². The van der Waals surface area contributed by atoms with E-state index in [1.807, 2.05) is 37.3 Å². The Hall–Kier alpha value is -1.74. The molecular formula is C15H15ClN2O. The Balaban J connectivity index is 1.87. The molecule has 4 heteroatoms. The lowest BCUT2D eigenvalue weighted by atomic mass is 10.1. The molecule has 1 aliphatic carbocycles. The van der Waals surface area contributed by atoms with Crippen LogP contribution in [0.1, 0.15) is 28.9 Å². The van der Waals surface area contributed by atoms with Crippen LogP contribution in [0.15, 0.2) is 30.3 Å². The quantitative estimate of drug-likeness (QED) is 0.883. The van der Waals surface area contributed by atoms with Gasteiger partial charge >= 0.3 is 0 Å². The van der Waals surface area contributed by atoms with Crippen LogP contribution in [0.2, 0.25) is 5.02 Å². The maximum absolute atomic E-state index is 12.1. The largest absolute Gasteiger partial charge is 0.358 e. The van der Waals surface area contributed by atoms with Crippen molar-refractivity contribution in [1.29, 1.82) is 0 Å². The number of amides is 1. The first-order valence-corrected chi connectivity index (χ1v) is 6.77. The highest BCUT2D eigenvalue weighted by molar-refractivity contribution is 6.30. The SMILES string of the molecule is Cc1[nH]c(-c2ccc(Cl)cc2)cc1C(=O)NC1CC1. The zero-order valence-corrected chi connectivity index (χ0v) is 11.4. The molecule has 0 atom stereocenters. The minimum absolute atomic E-state index is 0.0106. The Morgan fingerprint density at radius 2 is 2.00 bits per heavy atom. The van der Waals surface area contributed by atoms with Gasteiger partial charge in [0.05, 0.1) is 5.56 Å². The van der Waals surface area contributed by atoms with E-state index in [-0.39, 0.29) is 5.91 Å². The first-order valence-electron chi connectivity index (χ1n) is 6.40. The molecule has 1 saturated carbocycles. The molecule has 0 unspecified atom stereocenters. The van der Waals surface area contributed by atoms with Gasteiger partial charge in [0.1, 0.15) is 0 Å². The van der Waals surface area contributed by atoms with Crippen LogP contribution in [0.4, 0.5) is 0 Å². The number of carbonyl (C=O) groups is 1. The molecule has 3 rings (SSSR count). The van der Waals surface area contributed by atoms with Gasteiger partial charge in [-0.3, -0.25) is 4.79 Å². The van der Waals surface area contributed by atoms with Crippen LogP contribution in [0.5, 0.6) is 0 Å². The van der Waals surface area contributed by atoms with Crippen LogP contribution in [0.3, 0.4) is 0 Å². The highest BCUT2D eigenvalue weighted by atomic mass is 35.5. The van der Waals surface area contributed by atoms with Crippen LogP contribution in [0, 0.1) is 6.92 Å². The Bertz CT molecular complexity index is 612. The van der Waals surface area contributed by atoms with E-state index in [1.54, 1.807) is 0 Å². The third kappa shape index (κ3) is 2.66. The molecule has 0 saturated heterocycles. The smallest absolute Gasteiger partial charge is 0.253 e. The molecule has 0 spiro atoms. The van der Waals surface area contributed by atoms with Gasteiger partial charge in [-0.15, -0.1) is 0 Å². The zero-order chi connectivity index (χ0) is 13.4. The van der Waals surface area contributed by atoms with Crippen LogP contribution < -0.4 is 5.32 Å². The summed E-state index contributed by atoms with van der Waals surface area (Å²) in [5.41, 5.74) is 3.58. The summed E-state index contributed by atoms with van der Waals surface area (Å²) in [6.07, 6.45) is 2.19. The van der Waals surface area contributed by atoms with Gasteiger partial charge in [-0.25, -0.2) is 0 Å². The summed E-state index contributed by atoms with van der Waals surface area (Å²) in [6.45, 7) is 1.92.